The van der Waals surface area contributed by atoms with Crippen LogP contribution in [0.5, 0.6) is 0 Å². The highest BCUT2D eigenvalue weighted by atomic mass is 33.1. The Kier molecular flexibility index (Phi) is 61.5. The number of hydrogen-bond acceptors (Lipinski definition) is 12. The number of aliphatic hydroxyl groups is 4. The van der Waals surface area contributed by atoms with Crippen molar-refractivity contribution in [3.8, 4) is 0 Å². The van der Waals surface area contributed by atoms with Gasteiger partial charge in [-0.25, -0.2) is 0 Å². The van der Waals surface area contributed by atoms with Crippen molar-refractivity contribution in [1.82, 2.24) is 19.6 Å². The van der Waals surface area contributed by atoms with E-state index in [1.165, 1.54) is 180 Å². The lowest BCUT2D eigenvalue weighted by Gasteiger charge is -2.34. The lowest BCUT2D eigenvalue weighted by Crippen LogP contribution is -2.47. The molecule has 1 heterocycles. The number of piperazine rings is 1. The number of carbonyl (C=O) groups is 1. The molecular weight excluding hydrogens is 1090 g/mol. The summed E-state index contributed by atoms with van der Waals surface area (Å²) in [5.74, 6) is 2.10. The molecule has 85 heavy (non-hydrogen) atoms. The largest absolute Gasteiger partial charge is 0.464 e. The smallest absolute Gasteiger partial charge is 0.305 e. The second-order valence-electron chi connectivity index (χ2n) is 26.1. The van der Waals surface area contributed by atoms with Gasteiger partial charge in [-0.05, 0) is 110 Å². The zero-order valence-electron chi connectivity index (χ0n) is 56.9. The summed E-state index contributed by atoms with van der Waals surface area (Å²) in [5.41, 5.74) is 0. The van der Waals surface area contributed by atoms with E-state index in [0.29, 0.717) is 45.6 Å². The van der Waals surface area contributed by atoms with E-state index in [9.17, 15) is 25.2 Å². The molecule has 0 spiro atoms. The van der Waals surface area contributed by atoms with Crippen molar-refractivity contribution in [3.63, 3.8) is 0 Å². The molecule has 5 unspecified atom stereocenters. The molecule has 1 rings (SSSR count). The van der Waals surface area contributed by atoms with Gasteiger partial charge in [0, 0.05) is 89.4 Å². The van der Waals surface area contributed by atoms with Crippen LogP contribution in [0, 0.1) is 0 Å². The molecular formula is C73H144N4O6S2. The fourth-order valence-corrected chi connectivity index (χ4v) is 14.1. The Hall–Kier alpha value is -0.670. The predicted octanol–water partition coefficient (Wildman–Crippen LogP) is 18.3. The zero-order valence-corrected chi connectivity index (χ0v) is 58.6. The van der Waals surface area contributed by atoms with Crippen LogP contribution in [0.15, 0.2) is 24.3 Å². The van der Waals surface area contributed by atoms with Crippen LogP contribution in [0.25, 0.3) is 0 Å². The predicted molar refractivity (Wildman–Crippen MR) is 374 cm³/mol. The summed E-state index contributed by atoms with van der Waals surface area (Å²) < 4.78 is 5.80. The average Bonchev–Trinajstić information content (AvgIpc) is 3.59. The van der Waals surface area contributed by atoms with E-state index in [2.05, 4.69) is 78.5 Å². The third kappa shape index (κ3) is 55.9. The van der Waals surface area contributed by atoms with E-state index < -0.39 is 12.2 Å². The minimum Gasteiger partial charge on any atom is -0.464 e. The Balaban J connectivity index is 2.43. The highest BCUT2D eigenvalue weighted by Gasteiger charge is 2.23. The van der Waals surface area contributed by atoms with Crippen molar-refractivity contribution in [2.45, 2.75) is 348 Å². The third-order valence-corrected chi connectivity index (χ3v) is 20.2. The van der Waals surface area contributed by atoms with Crippen LogP contribution in [0.2, 0.25) is 0 Å². The molecule has 0 radical (unpaired) electrons. The fourth-order valence-electron chi connectivity index (χ4n) is 11.9. The third-order valence-electron chi connectivity index (χ3n) is 17.8. The maximum atomic E-state index is 13.1. The van der Waals surface area contributed by atoms with Crippen molar-refractivity contribution >= 4 is 27.6 Å². The minimum absolute atomic E-state index is 0.0545. The summed E-state index contributed by atoms with van der Waals surface area (Å²) in [6.07, 6.45) is 59.5. The minimum atomic E-state index is -0.443. The Labute approximate surface area is 536 Å². The van der Waals surface area contributed by atoms with E-state index in [1.807, 2.05) is 21.6 Å². The van der Waals surface area contributed by atoms with E-state index in [4.69, 9.17) is 4.74 Å². The number of allylic oxidation sites excluding steroid dienone is 4. The molecule has 0 aromatic heterocycles. The molecule has 1 saturated heterocycles. The van der Waals surface area contributed by atoms with Crippen LogP contribution >= 0.6 is 21.6 Å². The Bertz CT molecular complexity index is 1370. The number of carbonyl (C=O) groups excluding carboxylic acids is 1. The second-order valence-corrected chi connectivity index (χ2v) is 28.8. The second kappa shape index (κ2) is 63.5. The van der Waals surface area contributed by atoms with Gasteiger partial charge in [0.1, 0.15) is 6.61 Å². The molecule has 0 bridgehead atoms. The first-order valence-corrected chi connectivity index (χ1v) is 39.4. The Morgan fingerprint density at radius 1 is 0.424 bits per heavy atom. The molecule has 10 nitrogen and oxygen atoms in total. The first kappa shape index (κ1) is 82.3. The van der Waals surface area contributed by atoms with Gasteiger partial charge in [-0.1, -0.05) is 253 Å². The maximum absolute atomic E-state index is 13.1. The normalized spacial score (nSPS) is 15.5. The topological polar surface area (TPSA) is 120 Å². The van der Waals surface area contributed by atoms with Gasteiger partial charge in [-0.2, -0.15) is 0 Å². The molecule has 5 atom stereocenters. The molecule has 0 aliphatic carbocycles. The Morgan fingerprint density at radius 2 is 0.765 bits per heavy atom. The summed E-state index contributed by atoms with van der Waals surface area (Å²) >= 11 is 0. The van der Waals surface area contributed by atoms with Crippen LogP contribution in [0.3, 0.4) is 0 Å². The lowest BCUT2D eigenvalue weighted by atomic mass is 10.0. The highest BCUT2D eigenvalue weighted by molar-refractivity contribution is 8.76. The first-order chi connectivity index (χ1) is 41.6. The Morgan fingerprint density at radius 3 is 1.16 bits per heavy atom. The van der Waals surface area contributed by atoms with Crippen LogP contribution < -0.4 is 0 Å². The van der Waals surface area contributed by atoms with Crippen molar-refractivity contribution in [2.75, 3.05) is 90.1 Å². The van der Waals surface area contributed by atoms with Gasteiger partial charge in [0.05, 0.1) is 24.4 Å². The first-order valence-electron chi connectivity index (χ1n) is 36.9. The SMILES string of the molecule is CCCCCCCC/C=C\CCCCCCC(O)CN(CC(O)CCCCCC/C=C\CCCCCCCC)C(C)CCC(=O)OCCN1CCN(CCSSCCCCN(CC(O)CCCCCCCC)CC(O)CCCCCCCC)CC1. The number of nitrogens with zero attached hydrogens (tertiary/aromatic N) is 4. The van der Waals surface area contributed by atoms with E-state index in [0.717, 1.165) is 147 Å². The molecule has 0 amide bonds. The van der Waals surface area contributed by atoms with Gasteiger partial charge < -0.3 is 25.2 Å². The van der Waals surface area contributed by atoms with Crippen LogP contribution in [0.4, 0.5) is 0 Å². The van der Waals surface area contributed by atoms with Gasteiger partial charge in [0.2, 0.25) is 0 Å². The number of rotatable bonds is 66. The summed E-state index contributed by atoms with van der Waals surface area (Å²) in [4.78, 5) is 22.7. The molecule has 12 heteroatoms. The van der Waals surface area contributed by atoms with Crippen molar-refractivity contribution < 1.29 is 30.0 Å². The van der Waals surface area contributed by atoms with Gasteiger partial charge in [-0.3, -0.25) is 24.4 Å². The molecule has 0 saturated carbocycles. The van der Waals surface area contributed by atoms with Gasteiger partial charge >= 0.3 is 5.97 Å². The standard InChI is InChI=1S/C73H144N4O6S2/c1-6-10-14-18-22-24-26-28-30-32-34-36-40-44-50-71(80)66-77(67-72(81)51-45-41-37-35-33-31-29-27-25-23-19-15-11-7-2)68(5)52-53-73(82)83-61-59-74-55-57-75(58-56-74)60-63-85-84-62-47-46-54-76(64-69(78)48-42-38-20-16-12-8-3)65-70(79)49-43-39-21-17-13-9-4/h28-31,68-72,78-81H,6-27,32-67H2,1-5H3/b30-28-,31-29-. The van der Waals surface area contributed by atoms with Crippen molar-refractivity contribution in [1.29, 1.82) is 0 Å². The molecule has 1 aliphatic rings. The zero-order chi connectivity index (χ0) is 61.7. The molecule has 1 aliphatic heterocycles. The summed E-state index contributed by atoms with van der Waals surface area (Å²) in [5, 5.41) is 44.4. The lowest BCUT2D eigenvalue weighted by molar-refractivity contribution is -0.144. The molecule has 0 aromatic rings. The quantitative estimate of drug-likeness (QED) is 0.0201. The number of hydrogen-bond donors (Lipinski definition) is 4. The fraction of sp³-hybridized carbons (Fsp3) is 0.932. The summed E-state index contributed by atoms with van der Waals surface area (Å²) in [6, 6.07) is 0.0545. The number of unbranched alkanes of at least 4 members (excludes halogenated alkanes) is 31. The van der Waals surface area contributed by atoms with Crippen molar-refractivity contribution in [2.24, 2.45) is 0 Å². The molecule has 504 valence electrons. The van der Waals surface area contributed by atoms with Gasteiger partial charge in [0.15, 0.2) is 0 Å². The molecule has 0 aromatic carbocycles. The van der Waals surface area contributed by atoms with Crippen LogP contribution in [-0.4, -0.2) is 167 Å². The van der Waals surface area contributed by atoms with Crippen LogP contribution in [-0.2, 0) is 9.53 Å². The van der Waals surface area contributed by atoms with Crippen molar-refractivity contribution in [3.05, 3.63) is 24.3 Å². The number of ether oxygens (including phenoxy) is 1. The van der Waals surface area contributed by atoms with Gasteiger partial charge in [0.25, 0.3) is 0 Å². The monoisotopic (exact) mass is 1240 g/mol. The summed E-state index contributed by atoms with van der Waals surface area (Å²) in [6.45, 7) is 20.9. The molecule has 1 fully saturated rings. The maximum Gasteiger partial charge on any atom is 0.305 e. The number of aliphatic hydroxyl groups excluding tert-OH is 4. The average molecular weight is 1240 g/mol. The van der Waals surface area contributed by atoms with E-state index in [-0.39, 0.29) is 24.2 Å². The van der Waals surface area contributed by atoms with Crippen LogP contribution in [0.1, 0.15) is 317 Å². The van der Waals surface area contributed by atoms with E-state index >= 15 is 0 Å². The summed E-state index contributed by atoms with van der Waals surface area (Å²) in [7, 11) is 3.98. The van der Waals surface area contributed by atoms with Gasteiger partial charge in [-0.15, -0.1) is 0 Å². The highest BCUT2D eigenvalue weighted by Crippen LogP contribution is 2.24. The van der Waals surface area contributed by atoms with E-state index in [1.54, 1.807) is 0 Å². The molecule has 4 N–H and O–H groups in total. The number of esters is 1.